The minimum absolute atomic E-state index is 0.350. The van der Waals surface area contributed by atoms with Crippen LogP contribution >= 0.6 is 0 Å². The standard InChI is InChI=1S/C26H27N9O/c1-4-36-23-8-6-5-7-22(23)29-26-30-24(34-32-18(2)20-9-13-27-14-10-20)17-25(31-26)35-33-19(3)21-11-15-28-16-12-21/h5-17H,4H2,1-3H3,(H3,29,30,31,34,35). The first kappa shape index (κ1) is 24.3. The number of hydrogen-bond donors (Lipinski definition) is 3. The topological polar surface area (TPSA) is 122 Å². The predicted molar refractivity (Wildman–Crippen MR) is 143 cm³/mol. The third-order valence-corrected chi connectivity index (χ3v) is 5.03. The normalized spacial score (nSPS) is 11.6. The molecule has 0 fully saturated rings. The van der Waals surface area contributed by atoms with Crippen LogP contribution in [0, 0.1) is 0 Å². The molecular weight excluding hydrogens is 454 g/mol. The molecule has 0 bridgehead atoms. The summed E-state index contributed by atoms with van der Waals surface area (Å²) in [5.74, 6) is 2.01. The Morgan fingerprint density at radius 3 is 1.83 bits per heavy atom. The van der Waals surface area contributed by atoms with Gasteiger partial charge in [-0.3, -0.25) is 20.8 Å². The molecule has 182 valence electrons. The van der Waals surface area contributed by atoms with E-state index in [1.165, 1.54) is 0 Å². The van der Waals surface area contributed by atoms with Gasteiger partial charge in [-0.1, -0.05) is 12.1 Å². The van der Waals surface area contributed by atoms with Gasteiger partial charge in [-0.25, -0.2) is 0 Å². The Kier molecular flexibility index (Phi) is 8.10. The minimum Gasteiger partial charge on any atom is -0.492 e. The zero-order chi connectivity index (χ0) is 25.2. The molecule has 0 amide bonds. The highest BCUT2D eigenvalue weighted by molar-refractivity contribution is 5.99. The van der Waals surface area contributed by atoms with Crippen molar-refractivity contribution in [2.24, 2.45) is 10.2 Å². The zero-order valence-corrected chi connectivity index (χ0v) is 20.3. The summed E-state index contributed by atoms with van der Waals surface area (Å²) in [5.41, 5.74) is 10.3. The van der Waals surface area contributed by atoms with Crippen LogP contribution in [-0.2, 0) is 0 Å². The third-order valence-electron chi connectivity index (χ3n) is 5.03. The number of hydrogen-bond acceptors (Lipinski definition) is 10. The molecule has 4 rings (SSSR count). The molecule has 36 heavy (non-hydrogen) atoms. The van der Waals surface area contributed by atoms with Crippen molar-refractivity contribution in [2.75, 3.05) is 22.8 Å². The van der Waals surface area contributed by atoms with E-state index < -0.39 is 0 Å². The van der Waals surface area contributed by atoms with Crippen LogP contribution in [0.15, 0.2) is 89.6 Å². The Labute approximate surface area is 209 Å². The average molecular weight is 482 g/mol. The van der Waals surface area contributed by atoms with Gasteiger partial charge >= 0.3 is 0 Å². The first-order valence-electron chi connectivity index (χ1n) is 11.4. The number of benzene rings is 1. The van der Waals surface area contributed by atoms with E-state index in [0.717, 1.165) is 28.2 Å². The Hall–Kier alpha value is -4.86. The van der Waals surface area contributed by atoms with E-state index in [-0.39, 0.29) is 0 Å². The highest BCUT2D eigenvalue weighted by atomic mass is 16.5. The summed E-state index contributed by atoms with van der Waals surface area (Å²) in [4.78, 5) is 17.2. The van der Waals surface area contributed by atoms with Crippen molar-refractivity contribution in [1.82, 2.24) is 19.9 Å². The van der Waals surface area contributed by atoms with Crippen molar-refractivity contribution in [2.45, 2.75) is 20.8 Å². The molecule has 10 nitrogen and oxygen atoms in total. The quantitative estimate of drug-likeness (QED) is 0.212. The number of para-hydroxylation sites is 2. The maximum absolute atomic E-state index is 5.72. The molecule has 3 N–H and O–H groups in total. The predicted octanol–water partition coefficient (Wildman–Crippen LogP) is 5.08. The second-order valence-electron chi connectivity index (χ2n) is 7.61. The first-order valence-corrected chi connectivity index (χ1v) is 11.4. The van der Waals surface area contributed by atoms with E-state index in [0.29, 0.717) is 29.9 Å². The number of rotatable bonds is 10. The van der Waals surface area contributed by atoms with Gasteiger partial charge in [0, 0.05) is 42.0 Å². The summed E-state index contributed by atoms with van der Waals surface area (Å²) in [6, 6.07) is 16.9. The molecule has 0 aliphatic heterocycles. The molecule has 3 heterocycles. The van der Waals surface area contributed by atoms with Crippen LogP contribution in [0.3, 0.4) is 0 Å². The van der Waals surface area contributed by atoms with E-state index in [1.54, 1.807) is 30.9 Å². The summed E-state index contributed by atoms with van der Waals surface area (Å²) in [7, 11) is 0. The Balaban J connectivity index is 1.62. The number of nitrogens with zero attached hydrogens (tertiary/aromatic N) is 6. The average Bonchev–Trinajstić information content (AvgIpc) is 2.92. The van der Waals surface area contributed by atoms with Gasteiger partial charge in [-0.2, -0.15) is 20.2 Å². The van der Waals surface area contributed by atoms with E-state index in [1.807, 2.05) is 69.3 Å². The van der Waals surface area contributed by atoms with E-state index >= 15 is 0 Å². The fourth-order valence-electron chi connectivity index (χ4n) is 3.19. The van der Waals surface area contributed by atoms with Crippen molar-refractivity contribution >= 4 is 34.7 Å². The summed E-state index contributed by atoms with van der Waals surface area (Å²) < 4.78 is 5.72. The van der Waals surface area contributed by atoms with Crippen molar-refractivity contribution in [1.29, 1.82) is 0 Å². The van der Waals surface area contributed by atoms with Crippen LogP contribution in [0.5, 0.6) is 5.75 Å². The molecule has 0 saturated heterocycles. The Bertz CT molecular complexity index is 1270. The van der Waals surface area contributed by atoms with Gasteiger partial charge in [0.25, 0.3) is 0 Å². The number of ether oxygens (including phenoxy) is 1. The lowest BCUT2D eigenvalue weighted by Crippen LogP contribution is -2.07. The lowest BCUT2D eigenvalue weighted by atomic mass is 10.2. The highest BCUT2D eigenvalue weighted by Gasteiger charge is 2.09. The maximum atomic E-state index is 5.72. The fourth-order valence-corrected chi connectivity index (χ4v) is 3.19. The Morgan fingerprint density at radius 1 is 0.778 bits per heavy atom. The summed E-state index contributed by atoms with van der Waals surface area (Å²) >= 11 is 0. The lowest BCUT2D eigenvalue weighted by molar-refractivity contribution is 0.342. The second kappa shape index (κ2) is 12.0. The van der Waals surface area contributed by atoms with Crippen LogP contribution in [0.4, 0.5) is 23.3 Å². The first-order chi connectivity index (χ1) is 17.6. The monoisotopic (exact) mass is 481 g/mol. The largest absolute Gasteiger partial charge is 0.492 e. The zero-order valence-electron chi connectivity index (χ0n) is 20.3. The van der Waals surface area contributed by atoms with E-state index in [2.05, 4.69) is 46.3 Å². The molecule has 3 aromatic heterocycles. The number of pyridine rings is 2. The van der Waals surface area contributed by atoms with Crippen molar-refractivity contribution < 1.29 is 4.74 Å². The summed E-state index contributed by atoms with van der Waals surface area (Å²) in [6.07, 6.45) is 6.90. The molecule has 0 radical (unpaired) electrons. The van der Waals surface area contributed by atoms with Crippen molar-refractivity contribution in [3.8, 4) is 5.75 Å². The molecule has 10 heteroatoms. The highest BCUT2D eigenvalue weighted by Crippen LogP contribution is 2.27. The smallest absolute Gasteiger partial charge is 0.231 e. The van der Waals surface area contributed by atoms with E-state index in [9.17, 15) is 0 Å². The van der Waals surface area contributed by atoms with Gasteiger partial charge in [0.15, 0.2) is 11.6 Å². The van der Waals surface area contributed by atoms with Crippen molar-refractivity contribution in [3.05, 3.63) is 90.5 Å². The molecule has 1 aromatic carbocycles. The van der Waals surface area contributed by atoms with Gasteiger partial charge in [-0.15, -0.1) is 0 Å². The number of aromatic nitrogens is 4. The number of nitrogens with one attached hydrogen (secondary N) is 3. The summed E-state index contributed by atoms with van der Waals surface area (Å²) in [6.45, 7) is 6.29. The van der Waals surface area contributed by atoms with Crippen LogP contribution in [0.25, 0.3) is 0 Å². The van der Waals surface area contributed by atoms with Crippen LogP contribution < -0.4 is 20.9 Å². The van der Waals surface area contributed by atoms with Crippen molar-refractivity contribution in [3.63, 3.8) is 0 Å². The number of anilines is 4. The Morgan fingerprint density at radius 2 is 1.31 bits per heavy atom. The number of hydrazone groups is 2. The van der Waals surface area contributed by atoms with Crippen LogP contribution in [0.1, 0.15) is 31.9 Å². The van der Waals surface area contributed by atoms with Gasteiger partial charge in [-0.05, 0) is 57.2 Å². The second-order valence-corrected chi connectivity index (χ2v) is 7.61. The minimum atomic E-state index is 0.350. The SMILES string of the molecule is CCOc1ccccc1Nc1nc(NN=C(C)c2ccncc2)cc(NN=C(C)c2ccncc2)n1. The molecule has 0 unspecified atom stereocenters. The van der Waals surface area contributed by atoms with Crippen LogP contribution in [0.2, 0.25) is 0 Å². The van der Waals surface area contributed by atoms with Gasteiger partial charge in [0.05, 0.1) is 23.7 Å². The molecule has 0 saturated carbocycles. The maximum Gasteiger partial charge on any atom is 0.231 e. The molecular formula is C26H27N9O. The van der Waals surface area contributed by atoms with Crippen LogP contribution in [-0.4, -0.2) is 38.0 Å². The fraction of sp³-hybridized carbons (Fsp3) is 0.154. The molecule has 0 aliphatic rings. The summed E-state index contributed by atoms with van der Waals surface area (Å²) in [5, 5.41) is 12.2. The van der Waals surface area contributed by atoms with E-state index in [4.69, 9.17) is 4.74 Å². The molecule has 4 aromatic rings. The van der Waals surface area contributed by atoms with Gasteiger partial charge in [0.1, 0.15) is 5.75 Å². The third kappa shape index (κ3) is 6.60. The molecule has 0 atom stereocenters. The lowest BCUT2D eigenvalue weighted by Gasteiger charge is -2.13. The molecule has 0 spiro atoms. The molecule has 0 aliphatic carbocycles. The van der Waals surface area contributed by atoms with Gasteiger partial charge in [0.2, 0.25) is 5.95 Å². The van der Waals surface area contributed by atoms with Gasteiger partial charge < -0.3 is 10.1 Å².